The Morgan fingerprint density at radius 2 is 2.00 bits per heavy atom. The standard InChI is InChI=1S/C13H13ClN2O4S/c1-7-6-10(12(15-7)13(17)18)16-21(19,20)11-5-3-4-9(14)8(11)2/h3-6,15-16H,1-2H3,(H,17,18). The largest absolute Gasteiger partial charge is 0.477 e. The molecule has 2 aromatic rings. The Balaban J connectivity index is 2.47. The molecule has 21 heavy (non-hydrogen) atoms. The summed E-state index contributed by atoms with van der Waals surface area (Å²) in [6, 6.07) is 5.92. The van der Waals surface area contributed by atoms with Gasteiger partial charge in [-0.05, 0) is 37.6 Å². The van der Waals surface area contributed by atoms with E-state index in [2.05, 4.69) is 9.71 Å². The van der Waals surface area contributed by atoms with Gasteiger partial charge >= 0.3 is 5.97 Å². The van der Waals surface area contributed by atoms with Crippen molar-refractivity contribution in [2.45, 2.75) is 18.7 Å². The zero-order chi connectivity index (χ0) is 15.8. The lowest BCUT2D eigenvalue weighted by atomic mass is 10.2. The van der Waals surface area contributed by atoms with Gasteiger partial charge in [0, 0.05) is 10.7 Å². The molecule has 0 aliphatic heterocycles. The Morgan fingerprint density at radius 3 is 2.62 bits per heavy atom. The molecule has 1 aromatic carbocycles. The maximum Gasteiger partial charge on any atom is 0.354 e. The zero-order valence-electron chi connectivity index (χ0n) is 11.3. The van der Waals surface area contributed by atoms with Crippen molar-refractivity contribution in [3.63, 3.8) is 0 Å². The fourth-order valence-electron chi connectivity index (χ4n) is 1.92. The summed E-state index contributed by atoms with van der Waals surface area (Å²) in [5.74, 6) is -1.25. The molecule has 8 heteroatoms. The molecule has 1 heterocycles. The van der Waals surface area contributed by atoms with E-state index in [0.29, 0.717) is 16.3 Å². The molecule has 2 rings (SSSR count). The number of anilines is 1. The number of aromatic amines is 1. The topological polar surface area (TPSA) is 99.3 Å². The summed E-state index contributed by atoms with van der Waals surface area (Å²) in [5.41, 5.74) is 0.707. The second-order valence-electron chi connectivity index (χ2n) is 4.51. The van der Waals surface area contributed by atoms with Gasteiger partial charge in [0.2, 0.25) is 0 Å². The Morgan fingerprint density at radius 1 is 1.33 bits per heavy atom. The summed E-state index contributed by atoms with van der Waals surface area (Å²) in [5, 5.41) is 9.38. The first-order valence-electron chi connectivity index (χ1n) is 5.93. The van der Waals surface area contributed by atoms with Gasteiger partial charge in [0.25, 0.3) is 10.0 Å². The van der Waals surface area contributed by atoms with E-state index in [4.69, 9.17) is 16.7 Å². The van der Waals surface area contributed by atoms with Gasteiger partial charge in [0.05, 0.1) is 10.6 Å². The quantitative estimate of drug-likeness (QED) is 0.803. The van der Waals surface area contributed by atoms with Crippen LogP contribution < -0.4 is 4.72 Å². The maximum atomic E-state index is 12.4. The Kier molecular flexibility index (Phi) is 3.97. The normalized spacial score (nSPS) is 11.4. The first-order valence-corrected chi connectivity index (χ1v) is 7.79. The molecule has 0 saturated heterocycles. The van der Waals surface area contributed by atoms with Gasteiger partial charge in [0.15, 0.2) is 0 Å². The predicted octanol–water partition coefficient (Wildman–Crippen LogP) is 2.78. The van der Waals surface area contributed by atoms with E-state index in [1.807, 2.05) is 0 Å². The summed E-state index contributed by atoms with van der Waals surface area (Å²) in [6.45, 7) is 3.21. The van der Waals surface area contributed by atoms with Crippen LogP contribution in [0.15, 0.2) is 29.2 Å². The van der Waals surface area contributed by atoms with Crippen molar-refractivity contribution in [3.8, 4) is 0 Å². The number of carboxylic acids is 1. The van der Waals surface area contributed by atoms with Crippen LogP contribution >= 0.6 is 11.6 Å². The fraction of sp³-hybridized carbons (Fsp3) is 0.154. The van der Waals surface area contributed by atoms with Crippen LogP contribution in [0.1, 0.15) is 21.7 Å². The molecule has 0 aliphatic carbocycles. The molecular formula is C13H13ClN2O4S. The van der Waals surface area contributed by atoms with Gasteiger partial charge in [0.1, 0.15) is 5.69 Å². The highest BCUT2D eigenvalue weighted by Crippen LogP contribution is 2.26. The monoisotopic (exact) mass is 328 g/mol. The molecule has 0 radical (unpaired) electrons. The number of hydrogen-bond donors (Lipinski definition) is 3. The van der Waals surface area contributed by atoms with Gasteiger partial charge in [-0.1, -0.05) is 17.7 Å². The number of halogens is 1. The number of aryl methyl sites for hydroxylation is 1. The van der Waals surface area contributed by atoms with E-state index < -0.39 is 16.0 Å². The van der Waals surface area contributed by atoms with Gasteiger partial charge in [-0.2, -0.15) is 0 Å². The molecule has 0 spiro atoms. The summed E-state index contributed by atoms with van der Waals surface area (Å²) in [6.07, 6.45) is 0. The lowest BCUT2D eigenvalue weighted by Gasteiger charge is -2.10. The number of nitrogens with one attached hydrogen (secondary N) is 2. The van der Waals surface area contributed by atoms with Crippen molar-refractivity contribution in [2.75, 3.05) is 4.72 Å². The van der Waals surface area contributed by atoms with E-state index in [-0.39, 0.29) is 16.3 Å². The van der Waals surface area contributed by atoms with E-state index in [1.54, 1.807) is 19.9 Å². The van der Waals surface area contributed by atoms with Gasteiger partial charge in [-0.3, -0.25) is 4.72 Å². The first kappa shape index (κ1) is 15.4. The summed E-state index contributed by atoms with van der Waals surface area (Å²) in [7, 11) is -3.93. The predicted molar refractivity (Wildman–Crippen MR) is 79.5 cm³/mol. The molecule has 0 unspecified atom stereocenters. The van der Waals surface area contributed by atoms with E-state index in [9.17, 15) is 13.2 Å². The molecule has 112 valence electrons. The molecule has 0 aliphatic rings. The Labute approximate surface area is 126 Å². The van der Waals surface area contributed by atoms with Gasteiger partial charge < -0.3 is 10.1 Å². The number of sulfonamides is 1. The second-order valence-corrected chi connectivity index (χ2v) is 6.57. The highest BCUT2D eigenvalue weighted by molar-refractivity contribution is 7.92. The summed E-state index contributed by atoms with van der Waals surface area (Å²) < 4.78 is 27.0. The molecule has 1 aromatic heterocycles. The average molecular weight is 329 g/mol. The number of aromatic nitrogens is 1. The van der Waals surface area contributed by atoms with E-state index in [0.717, 1.165) is 0 Å². The lowest BCUT2D eigenvalue weighted by Crippen LogP contribution is -2.16. The van der Waals surface area contributed by atoms with Crippen molar-refractivity contribution in [2.24, 2.45) is 0 Å². The first-order chi connectivity index (χ1) is 9.72. The number of carbonyl (C=O) groups is 1. The number of hydrogen-bond acceptors (Lipinski definition) is 3. The highest BCUT2D eigenvalue weighted by Gasteiger charge is 2.22. The van der Waals surface area contributed by atoms with E-state index in [1.165, 1.54) is 18.2 Å². The third-order valence-electron chi connectivity index (χ3n) is 2.92. The third kappa shape index (κ3) is 3.03. The van der Waals surface area contributed by atoms with Crippen molar-refractivity contribution in [1.29, 1.82) is 0 Å². The molecule has 0 saturated carbocycles. The van der Waals surface area contributed by atoms with Gasteiger partial charge in [-0.15, -0.1) is 0 Å². The number of carboxylic acid groups (broad SMARTS) is 1. The zero-order valence-corrected chi connectivity index (χ0v) is 12.8. The number of rotatable bonds is 4. The summed E-state index contributed by atoms with van der Waals surface area (Å²) in [4.78, 5) is 13.7. The second kappa shape index (κ2) is 5.42. The van der Waals surface area contributed by atoms with Crippen LogP contribution in [0.4, 0.5) is 5.69 Å². The maximum absolute atomic E-state index is 12.4. The van der Waals surface area contributed by atoms with E-state index >= 15 is 0 Å². The minimum absolute atomic E-state index is 0.00481. The van der Waals surface area contributed by atoms with Crippen molar-refractivity contribution >= 4 is 33.3 Å². The van der Waals surface area contributed by atoms with Crippen LogP contribution in [0.2, 0.25) is 5.02 Å². The Hall–Kier alpha value is -1.99. The number of aromatic carboxylic acids is 1. The number of benzene rings is 1. The summed E-state index contributed by atoms with van der Waals surface area (Å²) >= 11 is 5.92. The van der Waals surface area contributed by atoms with Gasteiger partial charge in [-0.25, -0.2) is 13.2 Å². The van der Waals surface area contributed by atoms with Crippen LogP contribution in [-0.4, -0.2) is 24.5 Å². The van der Waals surface area contributed by atoms with Crippen molar-refractivity contribution in [3.05, 3.63) is 46.2 Å². The average Bonchev–Trinajstić information content (AvgIpc) is 2.72. The fourth-order valence-corrected chi connectivity index (χ4v) is 3.48. The lowest BCUT2D eigenvalue weighted by molar-refractivity contribution is 0.0692. The molecule has 0 bridgehead atoms. The Bertz CT molecular complexity index is 812. The van der Waals surface area contributed by atoms with Crippen LogP contribution in [0.5, 0.6) is 0 Å². The SMILES string of the molecule is Cc1cc(NS(=O)(=O)c2cccc(Cl)c2C)c(C(=O)O)[nH]1. The van der Waals surface area contributed by atoms with Crippen molar-refractivity contribution < 1.29 is 18.3 Å². The van der Waals surface area contributed by atoms with Crippen LogP contribution in [0, 0.1) is 13.8 Å². The molecule has 0 amide bonds. The van der Waals surface area contributed by atoms with Crippen LogP contribution in [-0.2, 0) is 10.0 Å². The highest BCUT2D eigenvalue weighted by atomic mass is 35.5. The molecule has 0 atom stereocenters. The minimum Gasteiger partial charge on any atom is -0.477 e. The van der Waals surface area contributed by atoms with Crippen LogP contribution in [0.3, 0.4) is 0 Å². The molecule has 0 fully saturated rings. The molecular weight excluding hydrogens is 316 g/mol. The van der Waals surface area contributed by atoms with Crippen molar-refractivity contribution in [1.82, 2.24) is 4.98 Å². The molecule has 6 nitrogen and oxygen atoms in total. The number of H-pyrrole nitrogens is 1. The van der Waals surface area contributed by atoms with Crippen LogP contribution in [0.25, 0.3) is 0 Å². The molecule has 3 N–H and O–H groups in total. The smallest absolute Gasteiger partial charge is 0.354 e. The third-order valence-corrected chi connectivity index (χ3v) is 4.84. The minimum atomic E-state index is -3.93.